The Morgan fingerprint density at radius 2 is 2.10 bits per heavy atom. The maximum Gasteiger partial charge on any atom is 0.274 e. The van der Waals surface area contributed by atoms with E-state index in [1.807, 2.05) is 20.8 Å². The van der Waals surface area contributed by atoms with Gasteiger partial charge in [0.25, 0.3) is 5.91 Å². The van der Waals surface area contributed by atoms with Gasteiger partial charge in [-0.1, -0.05) is 18.5 Å². The number of pyridine rings is 1. The first-order valence-electron chi connectivity index (χ1n) is 9.49. The van der Waals surface area contributed by atoms with Gasteiger partial charge in [-0.05, 0) is 67.1 Å². The number of nitrogens with one attached hydrogen (secondary N) is 2. The second kappa shape index (κ2) is 9.09. The summed E-state index contributed by atoms with van der Waals surface area (Å²) in [6, 6.07) is 5.01. The van der Waals surface area contributed by atoms with E-state index in [9.17, 15) is 9.59 Å². The molecule has 0 aliphatic heterocycles. The molecule has 1 aliphatic rings. The average molecular weight is 481 g/mol. The van der Waals surface area contributed by atoms with Gasteiger partial charge in [-0.2, -0.15) is 5.10 Å². The van der Waals surface area contributed by atoms with Crippen molar-refractivity contribution in [2.45, 2.75) is 46.1 Å². The molecule has 3 rings (SSSR count). The number of rotatable bonds is 5. The van der Waals surface area contributed by atoms with Crippen molar-refractivity contribution in [2.75, 3.05) is 0 Å². The third-order valence-electron chi connectivity index (χ3n) is 4.68. The van der Waals surface area contributed by atoms with E-state index < -0.39 is 0 Å². The van der Waals surface area contributed by atoms with Gasteiger partial charge in [0.2, 0.25) is 5.91 Å². The SMILES string of the molecule is CC(C)NC(=O)C1=C(NC(=O)c2cc(Br)nn2-c2ncccc2Cl)C(C)CCC1. The van der Waals surface area contributed by atoms with Gasteiger partial charge < -0.3 is 10.6 Å². The maximum atomic E-state index is 13.1. The summed E-state index contributed by atoms with van der Waals surface area (Å²) >= 11 is 9.55. The number of carbonyl (C=O) groups excluding carboxylic acids is 2. The van der Waals surface area contributed by atoms with E-state index in [4.69, 9.17) is 11.6 Å². The molecule has 0 radical (unpaired) electrons. The third kappa shape index (κ3) is 4.87. The highest BCUT2D eigenvalue weighted by Gasteiger charge is 2.27. The van der Waals surface area contributed by atoms with Crippen LogP contribution in [0.2, 0.25) is 5.02 Å². The zero-order valence-corrected chi connectivity index (χ0v) is 18.8. The highest BCUT2D eigenvalue weighted by molar-refractivity contribution is 9.10. The first-order valence-corrected chi connectivity index (χ1v) is 10.7. The summed E-state index contributed by atoms with van der Waals surface area (Å²) in [5.74, 6) is -0.0832. The zero-order valence-electron chi connectivity index (χ0n) is 16.5. The Morgan fingerprint density at radius 1 is 1.34 bits per heavy atom. The molecule has 29 heavy (non-hydrogen) atoms. The normalized spacial score (nSPS) is 16.8. The summed E-state index contributed by atoms with van der Waals surface area (Å²) in [5, 5.41) is 10.6. The smallest absolute Gasteiger partial charge is 0.274 e. The van der Waals surface area contributed by atoms with E-state index >= 15 is 0 Å². The highest BCUT2D eigenvalue weighted by Crippen LogP contribution is 2.29. The van der Waals surface area contributed by atoms with Crippen molar-refractivity contribution in [1.82, 2.24) is 25.4 Å². The Morgan fingerprint density at radius 3 is 2.79 bits per heavy atom. The summed E-state index contributed by atoms with van der Waals surface area (Å²) in [6.45, 7) is 5.84. The third-order valence-corrected chi connectivity index (χ3v) is 5.36. The summed E-state index contributed by atoms with van der Waals surface area (Å²) in [5.41, 5.74) is 1.56. The molecule has 2 heterocycles. The predicted octanol–water partition coefficient (Wildman–Crippen LogP) is 4.01. The van der Waals surface area contributed by atoms with Gasteiger partial charge in [0.15, 0.2) is 5.82 Å². The first kappa shape index (κ1) is 21.5. The minimum Gasteiger partial charge on any atom is -0.350 e. The molecule has 154 valence electrons. The van der Waals surface area contributed by atoms with Crippen LogP contribution in [0.1, 0.15) is 50.5 Å². The summed E-state index contributed by atoms with van der Waals surface area (Å²) in [6.07, 6.45) is 4.03. The van der Waals surface area contributed by atoms with Crippen LogP contribution in [0.4, 0.5) is 0 Å². The molecule has 1 atom stereocenters. The van der Waals surface area contributed by atoms with Crippen molar-refractivity contribution < 1.29 is 9.59 Å². The monoisotopic (exact) mass is 479 g/mol. The molecule has 2 N–H and O–H groups in total. The van der Waals surface area contributed by atoms with Crippen molar-refractivity contribution in [1.29, 1.82) is 0 Å². The van der Waals surface area contributed by atoms with Crippen LogP contribution < -0.4 is 10.6 Å². The second-order valence-electron chi connectivity index (χ2n) is 7.34. The Labute approximate surface area is 183 Å². The fourth-order valence-corrected chi connectivity index (χ4v) is 3.92. The maximum absolute atomic E-state index is 13.1. The largest absolute Gasteiger partial charge is 0.350 e. The molecule has 7 nitrogen and oxygen atoms in total. The van der Waals surface area contributed by atoms with Crippen molar-refractivity contribution in [2.24, 2.45) is 5.92 Å². The van der Waals surface area contributed by atoms with Crippen LogP contribution in [0, 0.1) is 5.92 Å². The van der Waals surface area contributed by atoms with E-state index in [0.717, 1.165) is 12.8 Å². The summed E-state index contributed by atoms with van der Waals surface area (Å²) < 4.78 is 1.87. The molecular weight excluding hydrogens is 458 g/mol. The lowest BCUT2D eigenvalue weighted by Gasteiger charge is -2.26. The van der Waals surface area contributed by atoms with Crippen LogP contribution >= 0.6 is 27.5 Å². The van der Waals surface area contributed by atoms with Gasteiger partial charge in [-0.3, -0.25) is 9.59 Å². The van der Waals surface area contributed by atoms with Crippen molar-refractivity contribution in [3.05, 3.63) is 51.0 Å². The summed E-state index contributed by atoms with van der Waals surface area (Å²) in [4.78, 5) is 30.0. The molecule has 0 fully saturated rings. The van der Waals surface area contributed by atoms with Crippen LogP contribution in [-0.2, 0) is 4.79 Å². The number of hydrogen-bond acceptors (Lipinski definition) is 4. The quantitative estimate of drug-likeness (QED) is 0.677. The number of carbonyl (C=O) groups is 2. The van der Waals surface area contributed by atoms with Crippen molar-refractivity contribution in [3.63, 3.8) is 0 Å². The topological polar surface area (TPSA) is 88.9 Å². The van der Waals surface area contributed by atoms with Crippen LogP contribution in [0.5, 0.6) is 0 Å². The van der Waals surface area contributed by atoms with E-state index in [2.05, 4.69) is 36.6 Å². The second-order valence-corrected chi connectivity index (χ2v) is 8.56. The zero-order chi connectivity index (χ0) is 21.1. The molecule has 2 aromatic rings. The van der Waals surface area contributed by atoms with E-state index in [1.165, 1.54) is 4.68 Å². The van der Waals surface area contributed by atoms with E-state index in [-0.39, 0.29) is 29.5 Å². The molecule has 9 heteroatoms. The van der Waals surface area contributed by atoms with E-state index in [1.54, 1.807) is 24.4 Å². The number of nitrogens with zero attached hydrogens (tertiary/aromatic N) is 3. The van der Waals surface area contributed by atoms with Gasteiger partial charge in [-0.25, -0.2) is 9.67 Å². The fourth-order valence-electron chi connectivity index (χ4n) is 3.34. The molecule has 1 aliphatic carbocycles. The van der Waals surface area contributed by atoms with Gasteiger partial charge in [0.05, 0.1) is 5.02 Å². The summed E-state index contributed by atoms with van der Waals surface area (Å²) in [7, 11) is 0. The van der Waals surface area contributed by atoms with Crippen LogP contribution in [0.25, 0.3) is 5.82 Å². The lowest BCUT2D eigenvalue weighted by Crippen LogP contribution is -2.37. The molecule has 0 saturated carbocycles. The van der Waals surface area contributed by atoms with Crippen LogP contribution in [-0.4, -0.2) is 32.6 Å². The average Bonchev–Trinajstić information content (AvgIpc) is 3.04. The molecule has 2 amide bonds. The predicted molar refractivity (Wildman–Crippen MR) is 115 cm³/mol. The lowest BCUT2D eigenvalue weighted by atomic mass is 9.87. The molecule has 1 unspecified atom stereocenters. The Hall–Kier alpha value is -2.19. The number of halogens is 2. The van der Waals surface area contributed by atoms with Gasteiger partial charge in [0, 0.05) is 29.6 Å². The standard InChI is InChI=1S/C20H23BrClN5O2/c1-11(2)24-19(28)13-7-4-6-12(3)17(13)25-20(29)15-10-16(21)26-27(15)18-14(22)8-5-9-23-18/h5,8-12H,4,6-7H2,1-3H3,(H,24,28)(H,25,29). The van der Waals surface area contributed by atoms with Gasteiger partial charge in [0.1, 0.15) is 10.3 Å². The molecule has 2 aromatic heterocycles. The number of hydrogen-bond donors (Lipinski definition) is 2. The lowest BCUT2D eigenvalue weighted by molar-refractivity contribution is -0.118. The molecular formula is C20H23BrClN5O2. The Balaban J connectivity index is 1.96. The molecule has 0 aromatic carbocycles. The minimum absolute atomic E-state index is 0.0212. The molecule has 0 bridgehead atoms. The van der Waals surface area contributed by atoms with Crippen molar-refractivity contribution in [3.8, 4) is 5.82 Å². The number of aromatic nitrogens is 3. The van der Waals surface area contributed by atoms with Crippen LogP contribution in [0.15, 0.2) is 40.3 Å². The van der Waals surface area contributed by atoms with Gasteiger partial charge >= 0.3 is 0 Å². The van der Waals surface area contributed by atoms with E-state index in [0.29, 0.717) is 33.1 Å². The Kier molecular flexibility index (Phi) is 6.74. The van der Waals surface area contributed by atoms with Crippen LogP contribution in [0.3, 0.4) is 0 Å². The number of amides is 2. The Bertz CT molecular complexity index is 970. The van der Waals surface area contributed by atoms with Crippen molar-refractivity contribution >= 4 is 39.3 Å². The number of allylic oxidation sites excluding steroid dienone is 1. The molecule has 0 saturated heterocycles. The van der Waals surface area contributed by atoms with Gasteiger partial charge in [-0.15, -0.1) is 0 Å². The highest BCUT2D eigenvalue weighted by atomic mass is 79.9. The fraction of sp³-hybridized carbons (Fsp3) is 0.400. The minimum atomic E-state index is -0.372. The molecule has 0 spiro atoms. The first-order chi connectivity index (χ1) is 13.8.